The lowest BCUT2D eigenvalue weighted by Gasteiger charge is -2.34. The maximum atomic E-state index is 13.4. The van der Waals surface area contributed by atoms with Crippen LogP contribution in [0.25, 0.3) is 11.1 Å². The molecule has 1 atom stereocenters. The molecule has 0 spiro atoms. The van der Waals surface area contributed by atoms with Crippen LogP contribution in [0.15, 0.2) is 78.0 Å². The molecule has 2 N–H and O–H groups in total. The molecule has 0 fully saturated rings. The molecule has 5 rings (SSSR count). The van der Waals surface area contributed by atoms with Crippen molar-refractivity contribution >= 4 is 17.2 Å². The largest absolute Gasteiger partial charge is 0.497 e. The van der Waals surface area contributed by atoms with Crippen LogP contribution in [-0.4, -0.2) is 12.9 Å². The van der Waals surface area contributed by atoms with E-state index in [0.717, 1.165) is 51.5 Å². The van der Waals surface area contributed by atoms with Crippen molar-refractivity contribution in [3.8, 4) is 16.9 Å². The molecular weight excluding hydrogens is 408 g/mol. The van der Waals surface area contributed by atoms with E-state index in [4.69, 9.17) is 4.74 Å². The third kappa shape index (κ3) is 4.02. The Bertz CT molecular complexity index is 1250. The van der Waals surface area contributed by atoms with Crippen LogP contribution in [0.3, 0.4) is 0 Å². The lowest BCUT2D eigenvalue weighted by Crippen LogP contribution is -2.31. The maximum Gasteiger partial charge on any atom is 0.163 e. The molecule has 0 amide bonds. The van der Waals surface area contributed by atoms with Gasteiger partial charge in [0.25, 0.3) is 0 Å². The number of ether oxygens (including phenoxy) is 1. The quantitative estimate of drug-likeness (QED) is 0.467. The molecule has 1 aliphatic heterocycles. The maximum absolute atomic E-state index is 13.4. The van der Waals surface area contributed by atoms with E-state index in [-0.39, 0.29) is 17.2 Å². The molecule has 1 aliphatic carbocycles. The number of hydrogen-bond acceptors (Lipinski definition) is 4. The minimum absolute atomic E-state index is 0.0628. The number of benzene rings is 3. The Kier molecular flexibility index (Phi) is 5.24. The van der Waals surface area contributed by atoms with Crippen molar-refractivity contribution in [2.45, 2.75) is 39.7 Å². The average Bonchev–Trinajstić information content (AvgIpc) is 2.94. The number of ketones is 1. The SMILES string of the molecule is COc1ccc(-c2ccc3c(c2)NC(c2ccccc2C)C2=C(CC(C)(C)CC2=O)N3)cc1. The van der Waals surface area contributed by atoms with Gasteiger partial charge in [-0.3, -0.25) is 4.79 Å². The zero-order valence-corrected chi connectivity index (χ0v) is 19.7. The highest BCUT2D eigenvalue weighted by atomic mass is 16.5. The normalized spacial score (nSPS) is 19.0. The second kappa shape index (κ2) is 8.11. The molecule has 0 aromatic heterocycles. The molecule has 0 bridgehead atoms. The Hall–Kier alpha value is -3.53. The Morgan fingerprint density at radius 3 is 2.36 bits per heavy atom. The lowest BCUT2D eigenvalue weighted by atomic mass is 9.73. The second-order valence-electron chi connectivity index (χ2n) is 9.88. The zero-order valence-electron chi connectivity index (χ0n) is 19.7. The third-order valence-corrected chi connectivity index (χ3v) is 6.74. The molecule has 2 aliphatic rings. The molecule has 168 valence electrons. The van der Waals surface area contributed by atoms with E-state index in [0.29, 0.717) is 6.42 Å². The fourth-order valence-electron chi connectivity index (χ4n) is 5.05. The standard InChI is InChI=1S/C29H30N2O2/c1-18-7-5-6-8-22(18)28-27-25(16-29(2,3)17-26(27)32)30-23-14-11-20(15-24(23)31-28)19-9-12-21(33-4)13-10-19/h5-15,28,30-31H,16-17H2,1-4H3. The van der Waals surface area contributed by atoms with Gasteiger partial charge in [0.2, 0.25) is 0 Å². The number of carbonyl (C=O) groups excluding carboxylic acids is 1. The fourth-order valence-corrected chi connectivity index (χ4v) is 5.05. The van der Waals surface area contributed by atoms with Crippen LogP contribution in [0.1, 0.15) is 43.9 Å². The van der Waals surface area contributed by atoms with Crippen LogP contribution >= 0.6 is 0 Å². The first kappa shape index (κ1) is 21.3. The zero-order chi connectivity index (χ0) is 23.2. The van der Waals surface area contributed by atoms with Crippen molar-refractivity contribution in [1.29, 1.82) is 0 Å². The number of fused-ring (bicyclic) bond motifs is 1. The van der Waals surface area contributed by atoms with Gasteiger partial charge in [0.05, 0.1) is 24.5 Å². The number of anilines is 2. The first-order valence-corrected chi connectivity index (χ1v) is 11.5. The van der Waals surface area contributed by atoms with Crippen LogP contribution in [0.5, 0.6) is 5.75 Å². The van der Waals surface area contributed by atoms with Crippen molar-refractivity contribution in [2.24, 2.45) is 5.41 Å². The molecule has 4 nitrogen and oxygen atoms in total. The van der Waals surface area contributed by atoms with Crippen LogP contribution in [0.2, 0.25) is 0 Å². The number of hydrogen-bond donors (Lipinski definition) is 2. The second-order valence-corrected chi connectivity index (χ2v) is 9.88. The van der Waals surface area contributed by atoms with Crippen molar-refractivity contribution in [3.05, 3.63) is 89.1 Å². The predicted molar refractivity (Wildman–Crippen MR) is 135 cm³/mol. The number of rotatable bonds is 3. The summed E-state index contributed by atoms with van der Waals surface area (Å²) in [7, 11) is 1.68. The molecule has 33 heavy (non-hydrogen) atoms. The molecule has 3 aromatic carbocycles. The summed E-state index contributed by atoms with van der Waals surface area (Å²) in [4.78, 5) is 13.4. The highest BCUT2D eigenvalue weighted by Gasteiger charge is 2.39. The van der Waals surface area contributed by atoms with Crippen LogP contribution < -0.4 is 15.4 Å². The van der Waals surface area contributed by atoms with Gasteiger partial charge in [0, 0.05) is 17.7 Å². The lowest BCUT2D eigenvalue weighted by molar-refractivity contribution is -0.118. The summed E-state index contributed by atoms with van der Waals surface area (Å²) < 4.78 is 5.31. The summed E-state index contributed by atoms with van der Waals surface area (Å²) in [5, 5.41) is 7.38. The van der Waals surface area contributed by atoms with Crippen LogP contribution in [0, 0.1) is 12.3 Å². The number of Topliss-reactive ketones (excluding diaryl/α,β-unsaturated/α-hetero) is 1. The Balaban J connectivity index is 1.62. The topological polar surface area (TPSA) is 50.4 Å². The smallest absolute Gasteiger partial charge is 0.163 e. The van der Waals surface area contributed by atoms with Crippen molar-refractivity contribution in [2.75, 3.05) is 17.7 Å². The summed E-state index contributed by atoms with van der Waals surface area (Å²) in [5.41, 5.74) is 8.38. The predicted octanol–water partition coefficient (Wildman–Crippen LogP) is 6.89. The number of aryl methyl sites for hydroxylation is 1. The van der Waals surface area contributed by atoms with Crippen molar-refractivity contribution < 1.29 is 9.53 Å². The molecule has 4 heteroatoms. The third-order valence-electron chi connectivity index (χ3n) is 6.74. The van der Waals surface area contributed by atoms with Gasteiger partial charge in [0.15, 0.2) is 5.78 Å². The van der Waals surface area contributed by atoms with Gasteiger partial charge >= 0.3 is 0 Å². The van der Waals surface area contributed by atoms with Gasteiger partial charge in [-0.05, 0) is 65.3 Å². The average molecular weight is 439 g/mol. The Morgan fingerprint density at radius 1 is 0.909 bits per heavy atom. The van der Waals surface area contributed by atoms with E-state index in [1.807, 2.05) is 18.2 Å². The van der Waals surface area contributed by atoms with E-state index in [1.165, 1.54) is 5.56 Å². The summed E-state index contributed by atoms with van der Waals surface area (Å²) >= 11 is 0. The molecule has 1 unspecified atom stereocenters. The number of allylic oxidation sites excluding steroid dienone is 1. The van der Waals surface area contributed by atoms with Crippen molar-refractivity contribution in [3.63, 3.8) is 0 Å². The van der Waals surface area contributed by atoms with E-state index >= 15 is 0 Å². The number of carbonyl (C=O) groups is 1. The fraction of sp³-hybridized carbons (Fsp3) is 0.276. The number of methoxy groups -OCH3 is 1. The Labute approximate surface area is 195 Å². The summed E-state index contributed by atoms with van der Waals surface area (Å²) in [6.45, 7) is 6.46. The number of nitrogens with one attached hydrogen (secondary N) is 2. The first-order chi connectivity index (χ1) is 15.8. The molecule has 0 saturated carbocycles. The Morgan fingerprint density at radius 2 is 1.64 bits per heavy atom. The highest BCUT2D eigenvalue weighted by Crippen LogP contribution is 2.46. The van der Waals surface area contributed by atoms with E-state index < -0.39 is 0 Å². The molecule has 0 saturated heterocycles. The summed E-state index contributed by atoms with van der Waals surface area (Å²) in [6.07, 6.45) is 1.41. The van der Waals surface area contributed by atoms with Gasteiger partial charge in [-0.25, -0.2) is 0 Å². The highest BCUT2D eigenvalue weighted by molar-refractivity contribution is 6.01. The monoisotopic (exact) mass is 438 g/mol. The van der Waals surface area contributed by atoms with Crippen LogP contribution in [0.4, 0.5) is 11.4 Å². The van der Waals surface area contributed by atoms with E-state index in [1.54, 1.807) is 7.11 Å². The van der Waals surface area contributed by atoms with Gasteiger partial charge < -0.3 is 15.4 Å². The molecule has 3 aromatic rings. The summed E-state index contributed by atoms with van der Waals surface area (Å²) in [5.74, 6) is 1.06. The van der Waals surface area contributed by atoms with Gasteiger partial charge in [-0.15, -0.1) is 0 Å². The van der Waals surface area contributed by atoms with Crippen molar-refractivity contribution in [1.82, 2.24) is 0 Å². The van der Waals surface area contributed by atoms with Gasteiger partial charge in [-0.2, -0.15) is 0 Å². The minimum Gasteiger partial charge on any atom is -0.497 e. The molecular formula is C29H30N2O2. The van der Waals surface area contributed by atoms with Gasteiger partial charge in [0.1, 0.15) is 5.75 Å². The van der Waals surface area contributed by atoms with Gasteiger partial charge in [-0.1, -0.05) is 56.3 Å². The van der Waals surface area contributed by atoms with Crippen LogP contribution in [-0.2, 0) is 4.79 Å². The first-order valence-electron chi connectivity index (χ1n) is 11.5. The molecule has 0 radical (unpaired) electrons. The summed E-state index contributed by atoms with van der Waals surface area (Å²) in [6, 6.07) is 22.6. The van der Waals surface area contributed by atoms with E-state index in [9.17, 15) is 4.79 Å². The minimum atomic E-state index is -0.190. The molecule has 1 heterocycles. The van der Waals surface area contributed by atoms with E-state index in [2.05, 4.69) is 79.9 Å².